The van der Waals surface area contributed by atoms with E-state index in [2.05, 4.69) is 25.6 Å². The van der Waals surface area contributed by atoms with Crippen LogP contribution < -0.4 is 10.6 Å². The van der Waals surface area contributed by atoms with Crippen molar-refractivity contribution in [3.05, 3.63) is 71.2 Å². The summed E-state index contributed by atoms with van der Waals surface area (Å²) in [4.78, 5) is 38.2. The van der Waals surface area contributed by atoms with Gasteiger partial charge in [0.25, 0.3) is 5.91 Å². The van der Waals surface area contributed by atoms with Gasteiger partial charge in [0, 0.05) is 68.3 Å². The van der Waals surface area contributed by atoms with Crippen LogP contribution in [0.2, 0.25) is 0 Å². The molecular weight excluding hydrogens is 511 g/mol. The fourth-order valence-corrected chi connectivity index (χ4v) is 3.85. The third-order valence-corrected chi connectivity index (χ3v) is 5.82. The highest BCUT2D eigenvalue weighted by Crippen LogP contribution is 2.31. The molecule has 0 saturated carbocycles. The molecule has 38 heavy (non-hydrogen) atoms. The molecule has 3 aromatic rings. The maximum Gasteiger partial charge on any atom is 0.417 e. The number of nitrogens with one attached hydrogen (secondary N) is 2. The van der Waals surface area contributed by atoms with E-state index in [0.717, 1.165) is 24.8 Å². The highest BCUT2D eigenvalue weighted by atomic mass is 19.4. The average Bonchev–Trinajstić information content (AvgIpc) is 3.29. The van der Waals surface area contributed by atoms with Gasteiger partial charge in [-0.2, -0.15) is 13.2 Å². The summed E-state index contributed by atoms with van der Waals surface area (Å²) in [7, 11) is 0. The van der Waals surface area contributed by atoms with Gasteiger partial charge in [-0.3, -0.25) is 14.6 Å². The number of hydrogen-bond acceptors (Lipinski definition) is 6. The van der Waals surface area contributed by atoms with E-state index in [4.69, 9.17) is 0 Å². The number of benzene rings is 1. The minimum atomic E-state index is -4.66. The van der Waals surface area contributed by atoms with Crippen LogP contribution in [0.15, 0.2) is 42.7 Å². The van der Waals surface area contributed by atoms with Gasteiger partial charge in [0.15, 0.2) is 5.82 Å². The van der Waals surface area contributed by atoms with Crippen LogP contribution in [0.25, 0.3) is 11.4 Å². The Hall–Kier alpha value is -4.16. The highest BCUT2D eigenvalue weighted by molar-refractivity contribution is 5.93. The molecule has 3 heterocycles. The van der Waals surface area contributed by atoms with Gasteiger partial charge >= 0.3 is 6.18 Å². The molecule has 1 aliphatic heterocycles. The van der Waals surface area contributed by atoms with Gasteiger partial charge in [-0.25, -0.2) is 18.7 Å². The number of halogens is 5. The standard InChI is InChI=1S/C25H23F5N6O2/c26-18-5-4-15(19(27)10-18)13-33-21-11-20(24(38)32-6-2-8-36-7-1-3-22(36)37)34-23(35-21)16-9-17(14-31-12-16)25(28,29)30/h4-5,9-12,14H,1-3,6-8,13H2,(H,32,38)(H,33,34,35). The van der Waals surface area contributed by atoms with Crippen LogP contribution in [0, 0.1) is 11.6 Å². The summed E-state index contributed by atoms with van der Waals surface area (Å²) in [6.45, 7) is 1.25. The second-order valence-electron chi connectivity index (χ2n) is 8.61. The highest BCUT2D eigenvalue weighted by Gasteiger charge is 2.31. The molecule has 200 valence electrons. The van der Waals surface area contributed by atoms with Gasteiger partial charge < -0.3 is 15.5 Å². The van der Waals surface area contributed by atoms with Crippen LogP contribution in [0.4, 0.5) is 27.8 Å². The third-order valence-electron chi connectivity index (χ3n) is 5.82. The summed E-state index contributed by atoms with van der Waals surface area (Å²) in [6, 6.07) is 5.10. The summed E-state index contributed by atoms with van der Waals surface area (Å²) in [5, 5.41) is 5.48. The van der Waals surface area contributed by atoms with Crippen LogP contribution >= 0.6 is 0 Å². The minimum Gasteiger partial charge on any atom is -0.366 e. The number of pyridine rings is 1. The number of hydrogen-bond donors (Lipinski definition) is 2. The fraction of sp³-hybridized carbons (Fsp3) is 0.320. The van der Waals surface area contributed by atoms with E-state index in [1.165, 1.54) is 12.1 Å². The molecular formula is C25H23F5N6O2. The number of aromatic nitrogens is 3. The molecule has 13 heteroatoms. The maximum atomic E-state index is 14.1. The van der Waals surface area contributed by atoms with E-state index < -0.39 is 29.3 Å². The number of alkyl halides is 3. The predicted octanol–water partition coefficient (Wildman–Crippen LogP) is 4.19. The van der Waals surface area contributed by atoms with Gasteiger partial charge in [-0.05, 0) is 25.0 Å². The summed E-state index contributed by atoms with van der Waals surface area (Å²) in [5.41, 5.74) is -1.15. The Morgan fingerprint density at radius 1 is 1.08 bits per heavy atom. The van der Waals surface area contributed by atoms with Crippen molar-refractivity contribution < 1.29 is 31.5 Å². The summed E-state index contributed by atoms with van der Waals surface area (Å²) < 4.78 is 66.9. The average molecular weight is 534 g/mol. The number of anilines is 1. The van der Waals surface area contributed by atoms with E-state index in [1.807, 2.05) is 0 Å². The molecule has 0 spiro atoms. The molecule has 0 atom stereocenters. The van der Waals surface area contributed by atoms with Crippen molar-refractivity contribution in [3.63, 3.8) is 0 Å². The van der Waals surface area contributed by atoms with E-state index in [1.54, 1.807) is 4.90 Å². The molecule has 0 unspecified atom stereocenters. The number of amides is 2. The molecule has 2 amide bonds. The smallest absolute Gasteiger partial charge is 0.366 e. The summed E-state index contributed by atoms with van der Waals surface area (Å²) in [6.07, 6.45) is -1.06. The molecule has 0 bridgehead atoms. The number of nitrogens with zero attached hydrogens (tertiary/aromatic N) is 4. The Morgan fingerprint density at radius 2 is 1.89 bits per heavy atom. The Kier molecular flexibility index (Phi) is 8.13. The van der Waals surface area contributed by atoms with Crippen LogP contribution in [0.3, 0.4) is 0 Å². The molecule has 8 nitrogen and oxygen atoms in total. The Balaban J connectivity index is 1.54. The van der Waals surface area contributed by atoms with Gasteiger partial charge in [0.1, 0.15) is 23.1 Å². The van der Waals surface area contributed by atoms with Crippen LogP contribution in [-0.2, 0) is 17.5 Å². The first-order valence-corrected chi connectivity index (χ1v) is 11.8. The zero-order chi connectivity index (χ0) is 27.3. The molecule has 1 fully saturated rings. The number of likely N-dealkylation sites (tertiary alicyclic amines) is 1. The third kappa shape index (κ3) is 6.78. The molecule has 2 N–H and O–H groups in total. The fourth-order valence-electron chi connectivity index (χ4n) is 3.85. The van der Waals surface area contributed by atoms with Crippen molar-refractivity contribution in [2.75, 3.05) is 25.0 Å². The lowest BCUT2D eigenvalue weighted by molar-refractivity contribution is -0.137. The van der Waals surface area contributed by atoms with E-state index in [9.17, 15) is 31.5 Å². The van der Waals surface area contributed by atoms with Gasteiger partial charge in [-0.1, -0.05) is 6.07 Å². The zero-order valence-corrected chi connectivity index (χ0v) is 20.0. The van der Waals surface area contributed by atoms with Crippen LogP contribution in [0.5, 0.6) is 0 Å². The van der Waals surface area contributed by atoms with E-state index in [0.29, 0.717) is 38.2 Å². The zero-order valence-electron chi connectivity index (χ0n) is 20.0. The van der Waals surface area contributed by atoms with E-state index >= 15 is 0 Å². The van der Waals surface area contributed by atoms with Gasteiger partial charge in [0.2, 0.25) is 5.91 Å². The number of carbonyl (C=O) groups excluding carboxylic acids is 2. The van der Waals surface area contributed by atoms with E-state index in [-0.39, 0.29) is 47.5 Å². The largest absolute Gasteiger partial charge is 0.417 e. The molecule has 0 aliphatic carbocycles. The Bertz CT molecular complexity index is 1330. The molecule has 1 aliphatic rings. The monoisotopic (exact) mass is 534 g/mol. The predicted molar refractivity (Wildman–Crippen MR) is 127 cm³/mol. The van der Waals surface area contributed by atoms with Gasteiger partial charge in [0.05, 0.1) is 5.56 Å². The molecule has 4 rings (SSSR count). The second kappa shape index (κ2) is 11.5. The van der Waals surface area contributed by atoms with Crippen molar-refractivity contribution in [2.24, 2.45) is 0 Å². The maximum absolute atomic E-state index is 14.1. The normalized spacial score (nSPS) is 13.6. The van der Waals surface area contributed by atoms with Gasteiger partial charge in [-0.15, -0.1) is 0 Å². The first kappa shape index (κ1) is 26.9. The topological polar surface area (TPSA) is 100 Å². The summed E-state index contributed by atoms with van der Waals surface area (Å²) in [5.74, 6) is -2.27. The summed E-state index contributed by atoms with van der Waals surface area (Å²) >= 11 is 0. The van der Waals surface area contributed by atoms with Crippen molar-refractivity contribution >= 4 is 17.6 Å². The lowest BCUT2D eigenvalue weighted by Gasteiger charge is -2.15. The first-order valence-electron chi connectivity index (χ1n) is 11.8. The quantitative estimate of drug-likeness (QED) is 0.316. The molecule has 1 aromatic carbocycles. The van der Waals surface area contributed by atoms with Crippen molar-refractivity contribution in [1.29, 1.82) is 0 Å². The Labute approximate surface area is 214 Å². The van der Waals surface area contributed by atoms with Crippen molar-refractivity contribution in [3.8, 4) is 11.4 Å². The molecule has 2 aromatic heterocycles. The number of rotatable bonds is 9. The number of carbonyl (C=O) groups is 2. The van der Waals surface area contributed by atoms with Crippen molar-refractivity contribution in [2.45, 2.75) is 32.0 Å². The van der Waals surface area contributed by atoms with Crippen LogP contribution in [0.1, 0.15) is 40.9 Å². The minimum absolute atomic E-state index is 0.0314. The van der Waals surface area contributed by atoms with Crippen LogP contribution in [-0.4, -0.2) is 51.3 Å². The molecule has 0 radical (unpaired) electrons. The lowest BCUT2D eigenvalue weighted by atomic mass is 10.2. The van der Waals surface area contributed by atoms with Crippen molar-refractivity contribution in [1.82, 2.24) is 25.2 Å². The first-order chi connectivity index (χ1) is 18.1. The SMILES string of the molecule is O=C(NCCCN1CCCC1=O)c1cc(NCc2ccc(F)cc2F)nc(-c2cncc(C(F)(F)F)c2)n1. The Morgan fingerprint density at radius 3 is 2.61 bits per heavy atom. The molecule has 1 saturated heterocycles. The lowest BCUT2D eigenvalue weighted by Crippen LogP contribution is -2.31. The second-order valence-corrected chi connectivity index (χ2v) is 8.61.